The van der Waals surface area contributed by atoms with E-state index >= 15 is 0 Å². The summed E-state index contributed by atoms with van der Waals surface area (Å²) in [4.78, 5) is 0. The molecule has 2 heterocycles. The van der Waals surface area contributed by atoms with Crippen LogP contribution in [0.15, 0.2) is 134 Å². The second-order valence-electron chi connectivity index (χ2n) is 9.70. The van der Waals surface area contributed by atoms with Crippen molar-refractivity contribution in [1.82, 2.24) is 9.61 Å². The summed E-state index contributed by atoms with van der Waals surface area (Å²) in [5.41, 5.74) is 5.78. The Kier molecular flexibility index (Phi) is 4.26. The summed E-state index contributed by atoms with van der Waals surface area (Å²) >= 11 is 0. The predicted molar refractivity (Wildman–Crippen MR) is 156 cm³/mol. The lowest BCUT2D eigenvalue weighted by atomic mass is 9.87. The number of rotatable bonds is 2. The maximum absolute atomic E-state index is 5.09. The molecule has 6 aromatic carbocycles. The van der Waals surface area contributed by atoms with E-state index in [0.717, 1.165) is 11.2 Å². The van der Waals surface area contributed by atoms with Crippen molar-refractivity contribution >= 4 is 48.6 Å². The van der Waals surface area contributed by atoms with E-state index in [2.05, 4.69) is 134 Å². The minimum absolute atomic E-state index is 0.993. The van der Waals surface area contributed by atoms with Gasteiger partial charge >= 0.3 is 0 Å². The normalized spacial score (nSPS) is 11.8. The highest BCUT2D eigenvalue weighted by molar-refractivity contribution is 6.21. The van der Waals surface area contributed by atoms with Crippen LogP contribution in [0.2, 0.25) is 0 Å². The average Bonchev–Trinajstić information content (AvgIpc) is 3.36. The summed E-state index contributed by atoms with van der Waals surface area (Å²) in [5.74, 6) is 0. The highest BCUT2D eigenvalue weighted by Crippen LogP contribution is 2.43. The summed E-state index contributed by atoms with van der Waals surface area (Å²) in [6.07, 6.45) is 2.13. The van der Waals surface area contributed by atoms with Crippen molar-refractivity contribution in [3.8, 4) is 22.4 Å². The number of hydrogen-bond donors (Lipinski definition) is 0. The largest absolute Gasteiger partial charge is 0.240 e. The first kappa shape index (κ1) is 20.3. The molecular formula is C35H22N2. The molecule has 0 aliphatic rings. The Hall–Kier alpha value is -4.95. The van der Waals surface area contributed by atoms with E-state index in [1.807, 2.05) is 4.52 Å². The molecule has 0 unspecified atom stereocenters. The summed E-state index contributed by atoms with van der Waals surface area (Å²) in [6, 6.07) is 45.8. The molecule has 0 aliphatic carbocycles. The highest BCUT2D eigenvalue weighted by Gasteiger charge is 2.18. The molecule has 2 heteroatoms. The van der Waals surface area contributed by atoms with Gasteiger partial charge < -0.3 is 0 Å². The fourth-order valence-corrected chi connectivity index (χ4v) is 5.85. The molecule has 0 saturated carbocycles. The van der Waals surface area contributed by atoms with Gasteiger partial charge in [0.2, 0.25) is 0 Å². The number of benzene rings is 6. The number of aromatic nitrogens is 2. The average molecular weight is 471 g/mol. The molecule has 0 spiro atoms. The molecule has 0 saturated heterocycles. The molecule has 0 aliphatic heterocycles. The van der Waals surface area contributed by atoms with Crippen LogP contribution in [0.5, 0.6) is 0 Å². The van der Waals surface area contributed by atoms with Crippen LogP contribution in [-0.4, -0.2) is 9.61 Å². The Labute approximate surface area is 214 Å². The monoisotopic (exact) mass is 470 g/mol. The van der Waals surface area contributed by atoms with E-state index in [1.54, 1.807) is 0 Å². The Balaban J connectivity index is 1.47. The minimum atomic E-state index is 0.993. The first-order valence-electron chi connectivity index (χ1n) is 12.6. The van der Waals surface area contributed by atoms with Crippen molar-refractivity contribution < 1.29 is 0 Å². The van der Waals surface area contributed by atoms with Gasteiger partial charge in [-0.2, -0.15) is 5.10 Å². The van der Waals surface area contributed by atoms with Crippen molar-refractivity contribution in [3.63, 3.8) is 0 Å². The van der Waals surface area contributed by atoms with Crippen LogP contribution in [0, 0.1) is 0 Å². The molecule has 0 atom stereocenters. The van der Waals surface area contributed by atoms with Crippen molar-refractivity contribution in [2.45, 2.75) is 0 Å². The smallest absolute Gasteiger partial charge is 0.0946 e. The van der Waals surface area contributed by atoms with Crippen molar-refractivity contribution in [3.05, 3.63) is 134 Å². The number of pyridine rings is 1. The standard InChI is InChI=1S/C35H22N2/c1-2-10-24-19-26(18-17-23(24)9-1)34-29-13-5-7-15-31(29)35(32-16-8-6-14-30(32)34)33-21-28-20-25-11-3-4-12-27(25)22-37(28)36-33/h1-22H. The fourth-order valence-electron chi connectivity index (χ4n) is 5.85. The third-order valence-corrected chi connectivity index (χ3v) is 7.55. The lowest BCUT2D eigenvalue weighted by Crippen LogP contribution is -1.92. The second kappa shape index (κ2) is 7.78. The van der Waals surface area contributed by atoms with Crippen LogP contribution in [0.1, 0.15) is 0 Å². The first-order chi connectivity index (χ1) is 18.3. The van der Waals surface area contributed by atoms with Crippen molar-refractivity contribution in [2.75, 3.05) is 0 Å². The first-order valence-corrected chi connectivity index (χ1v) is 12.6. The summed E-state index contributed by atoms with van der Waals surface area (Å²) in [7, 11) is 0. The number of nitrogens with zero attached hydrogens (tertiary/aromatic N) is 2. The summed E-state index contributed by atoms with van der Waals surface area (Å²) in [5, 5.41) is 14.9. The van der Waals surface area contributed by atoms with Crippen molar-refractivity contribution in [2.24, 2.45) is 0 Å². The van der Waals surface area contributed by atoms with Gasteiger partial charge in [-0.25, -0.2) is 4.52 Å². The Bertz CT molecular complexity index is 2040. The van der Waals surface area contributed by atoms with E-state index in [9.17, 15) is 0 Å². The minimum Gasteiger partial charge on any atom is -0.240 e. The van der Waals surface area contributed by atoms with E-state index in [1.165, 1.54) is 59.8 Å². The number of fused-ring (bicyclic) bond motifs is 5. The molecule has 37 heavy (non-hydrogen) atoms. The lowest BCUT2D eigenvalue weighted by molar-refractivity contribution is 0.975. The van der Waals surface area contributed by atoms with Gasteiger partial charge in [0, 0.05) is 17.1 Å². The molecule has 0 bridgehead atoms. The van der Waals surface area contributed by atoms with E-state index in [4.69, 9.17) is 5.10 Å². The van der Waals surface area contributed by atoms with Crippen LogP contribution in [0.3, 0.4) is 0 Å². The zero-order valence-electron chi connectivity index (χ0n) is 20.1. The van der Waals surface area contributed by atoms with Gasteiger partial charge in [-0.15, -0.1) is 0 Å². The summed E-state index contributed by atoms with van der Waals surface area (Å²) in [6.45, 7) is 0. The van der Waals surface area contributed by atoms with Gasteiger partial charge in [0.05, 0.1) is 11.2 Å². The van der Waals surface area contributed by atoms with Crippen LogP contribution in [0.4, 0.5) is 0 Å². The van der Waals surface area contributed by atoms with Gasteiger partial charge in [-0.3, -0.25) is 0 Å². The Morgan fingerprint density at radius 2 is 0.973 bits per heavy atom. The van der Waals surface area contributed by atoms with Gasteiger partial charge in [-0.05, 0) is 67.0 Å². The fraction of sp³-hybridized carbons (Fsp3) is 0. The molecule has 2 aromatic heterocycles. The van der Waals surface area contributed by atoms with Gasteiger partial charge in [0.15, 0.2) is 0 Å². The molecule has 0 N–H and O–H groups in total. The topological polar surface area (TPSA) is 17.3 Å². The zero-order valence-corrected chi connectivity index (χ0v) is 20.1. The molecule has 2 nitrogen and oxygen atoms in total. The third kappa shape index (κ3) is 3.09. The van der Waals surface area contributed by atoms with Crippen LogP contribution in [-0.2, 0) is 0 Å². The van der Waals surface area contributed by atoms with E-state index in [-0.39, 0.29) is 0 Å². The molecule has 8 aromatic rings. The zero-order chi connectivity index (χ0) is 24.3. The SMILES string of the molecule is c1ccc2cc(-c3c4ccccc4c(-c4cc5cc6ccccc6cn5n4)c4ccccc34)ccc2c1. The van der Waals surface area contributed by atoms with E-state index in [0.29, 0.717) is 0 Å². The molecule has 8 rings (SSSR count). The highest BCUT2D eigenvalue weighted by atomic mass is 15.2. The van der Waals surface area contributed by atoms with Gasteiger partial charge in [0.1, 0.15) is 0 Å². The molecule has 0 fully saturated rings. The van der Waals surface area contributed by atoms with Gasteiger partial charge in [-0.1, -0.05) is 109 Å². The molecular weight excluding hydrogens is 448 g/mol. The number of hydrogen-bond acceptors (Lipinski definition) is 1. The predicted octanol–water partition coefficient (Wildman–Crippen LogP) is 9.28. The van der Waals surface area contributed by atoms with Crippen LogP contribution in [0.25, 0.3) is 71.0 Å². The second-order valence-corrected chi connectivity index (χ2v) is 9.70. The third-order valence-electron chi connectivity index (χ3n) is 7.55. The van der Waals surface area contributed by atoms with Gasteiger partial charge in [0.25, 0.3) is 0 Å². The quantitative estimate of drug-likeness (QED) is 0.230. The molecule has 0 radical (unpaired) electrons. The van der Waals surface area contributed by atoms with Crippen LogP contribution < -0.4 is 0 Å². The maximum atomic E-state index is 5.09. The van der Waals surface area contributed by atoms with Crippen LogP contribution >= 0.6 is 0 Å². The Morgan fingerprint density at radius 1 is 0.432 bits per heavy atom. The van der Waals surface area contributed by atoms with Crippen molar-refractivity contribution in [1.29, 1.82) is 0 Å². The Morgan fingerprint density at radius 3 is 1.65 bits per heavy atom. The van der Waals surface area contributed by atoms with E-state index < -0.39 is 0 Å². The maximum Gasteiger partial charge on any atom is 0.0946 e. The molecule has 0 amide bonds. The lowest BCUT2D eigenvalue weighted by Gasteiger charge is -2.16. The summed E-state index contributed by atoms with van der Waals surface area (Å²) < 4.78 is 2.01. The molecule has 172 valence electrons.